The van der Waals surface area contributed by atoms with Gasteiger partial charge in [0.1, 0.15) is 0 Å². The average Bonchev–Trinajstić information content (AvgIpc) is 1.84. The van der Waals surface area contributed by atoms with E-state index in [2.05, 4.69) is 63.5 Å². The van der Waals surface area contributed by atoms with E-state index in [0.29, 0.717) is 0 Å². The molecule has 0 saturated heterocycles. The van der Waals surface area contributed by atoms with E-state index in [9.17, 15) is 0 Å². The zero-order valence-corrected chi connectivity index (χ0v) is 9.39. The second kappa shape index (κ2) is 3.86. The first kappa shape index (κ1) is 11.4. The van der Waals surface area contributed by atoms with E-state index in [-0.39, 0.29) is 0 Å². The van der Waals surface area contributed by atoms with E-state index >= 15 is 0 Å². The Labute approximate surface area is 71.4 Å². The molecule has 11 heavy (non-hydrogen) atoms. The minimum absolute atomic E-state index is 1.44. The fourth-order valence-corrected chi connectivity index (χ4v) is 3.22. The van der Waals surface area contributed by atoms with Crippen molar-refractivity contribution in [2.75, 3.05) is 42.3 Å². The van der Waals surface area contributed by atoms with Gasteiger partial charge in [-0.2, -0.15) is 0 Å². The van der Waals surface area contributed by atoms with Crippen LogP contribution in [0.4, 0.5) is 0 Å². The molecule has 0 aliphatic rings. The fraction of sp³-hybridized carbons (Fsp3) is 1.00. The first-order valence-electron chi connectivity index (χ1n) is 3.60. The zero-order valence-electron chi connectivity index (χ0n) is 8.50. The first-order chi connectivity index (χ1) is 4.83. The SMILES string of the molecule is B=P(N(C)C)(N(C)C)N(C)C. The van der Waals surface area contributed by atoms with E-state index in [1.54, 1.807) is 0 Å². The van der Waals surface area contributed by atoms with Gasteiger partial charge >= 0.3 is 70.7 Å². The third-order valence-corrected chi connectivity index (χ3v) is 5.77. The second-order valence-electron chi connectivity index (χ2n) is 3.23. The molecule has 0 unspecified atom stereocenters. The maximum atomic E-state index is 4.26. The van der Waals surface area contributed by atoms with Gasteiger partial charge in [-0.05, 0) is 0 Å². The molecule has 0 N–H and O–H groups in total. The Balaban J connectivity index is 4.69. The molecule has 66 valence electrons. The number of hydrogen-bond acceptors (Lipinski definition) is 3. The Hall–Kier alpha value is 0.375. The molecule has 0 aromatic carbocycles. The molecule has 0 radical (unpaired) electrons. The van der Waals surface area contributed by atoms with Crippen LogP contribution in [0.3, 0.4) is 0 Å². The summed E-state index contributed by atoms with van der Waals surface area (Å²) in [6, 6.07) is 0. The quantitative estimate of drug-likeness (QED) is 0.449. The van der Waals surface area contributed by atoms with Gasteiger partial charge in [-0.1, -0.05) is 0 Å². The van der Waals surface area contributed by atoms with Crippen molar-refractivity contribution in [3.63, 3.8) is 0 Å². The van der Waals surface area contributed by atoms with Crippen molar-refractivity contribution in [3.05, 3.63) is 0 Å². The number of rotatable bonds is 3. The molecule has 0 spiro atoms. The van der Waals surface area contributed by atoms with Crippen LogP contribution in [0.5, 0.6) is 0 Å². The predicted octanol–water partition coefficient (Wildman–Crippen LogP) is 0.250. The van der Waals surface area contributed by atoms with Gasteiger partial charge < -0.3 is 0 Å². The van der Waals surface area contributed by atoms with Crippen LogP contribution in [0.15, 0.2) is 0 Å². The molecule has 0 aliphatic heterocycles. The van der Waals surface area contributed by atoms with Crippen LogP contribution in [-0.4, -0.2) is 63.5 Å². The van der Waals surface area contributed by atoms with Crippen molar-refractivity contribution >= 4 is 14.4 Å². The van der Waals surface area contributed by atoms with E-state index in [1.165, 1.54) is 0 Å². The fourth-order valence-electron chi connectivity index (χ4n) is 1.07. The van der Waals surface area contributed by atoms with Crippen molar-refractivity contribution in [1.82, 2.24) is 14.0 Å². The normalized spacial score (nSPS) is 13.5. The van der Waals surface area contributed by atoms with Gasteiger partial charge in [-0.25, -0.2) is 0 Å². The van der Waals surface area contributed by atoms with E-state index in [1.807, 2.05) is 0 Å². The molecule has 0 aromatic rings. The third kappa shape index (κ3) is 2.16. The molecule has 0 bridgehead atoms. The van der Waals surface area contributed by atoms with Crippen LogP contribution in [0.1, 0.15) is 0 Å². The molecule has 0 amide bonds. The Morgan fingerprint density at radius 2 is 0.909 bits per heavy atom. The van der Waals surface area contributed by atoms with Gasteiger partial charge in [0, 0.05) is 0 Å². The Kier molecular flexibility index (Phi) is 3.99. The van der Waals surface area contributed by atoms with Gasteiger partial charge in [0.25, 0.3) is 0 Å². The van der Waals surface area contributed by atoms with Crippen molar-refractivity contribution in [3.8, 4) is 0 Å². The summed E-state index contributed by atoms with van der Waals surface area (Å²) in [5, 5.41) is 0. The molecular formula is C6H19BN3P. The van der Waals surface area contributed by atoms with Crippen molar-refractivity contribution in [2.24, 2.45) is 0 Å². The summed E-state index contributed by atoms with van der Waals surface area (Å²) >= 11 is 0. The van der Waals surface area contributed by atoms with Crippen molar-refractivity contribution < 1.29 is 0 Å². The Morgan fingerprint density at radius 3 is 0.909 bits per heavy atom. The summed E-state index contributed by atoms with van der Waals surface area (Å²) < 4.78 is 6.56. The topological polar surface area (TPSA) is 9.72 Å². The van der Waals surface area contributed by atoms with Crippen LogP contribution >= 0.6 is 7.21 Å². The summed E-state index contributed by atoms with van der Waals surface area (Å²) in [6.07, 6.45) is 0. The standard InChI is InChI=1S/C6H19BN3P/c1-8(2)11(7,9(3)4)10(5)6/h7H,1-6H3. The molecular weight excluding hydrogens is 156 g/mol. The van der Waals surface area contributed by atoms with E-state index in [4.69, 9.17) is 0 Å². The molecule has 0 rings (SSSR count). The van der Waals surface area contributed by atoms with Crippen LogP contribution in [0.25, 0.3) is 0 Å². The molecule has 5 heteroatoms. The third-order valence-electron chi connectivity index (χ3n) is 1.92. The molecule has 0 saturated carbocycles. The maximum absolute atomic E-state index is 4.26. The molecule has 0 fully saturated rings. The van der Waals surface area contributed by atoms with Crippen LogP contribution in [-0.2, 0) is 0 Å². The number of nitrogens with zero attached hydrogens (tertiary/aromatic N) is 3. The summed E-state index contributed by atoms with van der Waals surface area (Å²) in [5.41, 5.74) is 0. The molecule has 0 atom stereocenters. The summed E-state index contributed by atoms with van der Waals surface area (Å²) in [5.74, 6) is 0. The molecule has 0 heterocycles. The minimum atomic E-state index is -1.44. The summed E-state index contributed by atoms with van der Waals surface area (Å²) in [4.78, 5) is 0. The van der Waals surface area contributed by atoms with E-state index < -0.39 is 7.21 Å². The van der Waals surface area contributed by atoms with Crippen LogP contribution < -0.4 is 0 Å². The van der Waals surface area contributed by atoms with Gasteiger partial charge in [-0.15, -0.1) is 0 Å². The second-order valence-corrected chi connectivity index (χ2v) is 7.02. The molecule has 0 aromatic heterocycles. The van der Waals surface area contributed by atoms with Gasteiger partial charge in [-0.3, -0.25) is 0 Å². The summed E-state index contributed by atoms with van der Waals surface area (Å²) in [7, 11) is 15.2. The number of hydrogen-bond donors (Lipinski definition) is 0. The van der Waals surface area contributed by atoms with Crippen LogP contribution in [0.2, 0.25) is 0 Å². The monoisotopic (exact) mass is 175 g/mol. The first-order valence-corrected chi connectivity index (χ1v) is 5.43. The molecule has 0 aliphatic carbocycles. The van der Waals surface area contributed by atoms with E-state index in [0.717, 1.165) is 0 Å². The van der Waals surface area contributed by atoms with Gasteiger partial charge in [0.05, 0.1) is 0 Å². The molecule has 3 nitrogen and oxygen atoms in total. The van der Waals surface area contributed by atoms with Crippen LogP contribution in [0, 0.1) is 0 Å². The Morgan fingerprint density at radius 1 is 0.727 bits per heavy atom. The zero-order chi connectivity index (χ0) is 9.23. The summed E-state index contributed by atoms with van der Waals surface area (Å²) in [6.45, 7) is 0. The predicted molar refractivity (Wildman–Crippen MR) is 55.1 cm³/mol. The van der Waals surface area contributed by atoms with Crippen molar-refractivity contribution in [2.45, 2.75) is 0 Å². The Bertz CT molecular complexity index is 139. The van der Waals surface area contributed by atoms with Gasteiger partial charge in [0.2, 0.25) is 0 Å². The van der Waals surface area contributed by atoms with Crippen molar-refractivity contribution in [1.29, 1.82) is 0 Å². The van der Waals surface area contributed by atoms with Gasteiger partial charge in [0.15, 0.2) is 0 Å². The average molecular weight is 175 g/mol.